The molecule has 0 aromatic rings. The molecular weight excluding hydrogens is 186 g/mol. The Labute approximate surface area is 92.7 Å². The number of hydrogen-bond donors (Lipinski definition) is 1. The molecule has 0 atom stereocenters. The molecule has 0 aromatic heterocycles. The maximum Gasteiger partial charge on any atom is 0.117 e. The van der Waals surface area contributed by atoms with Crippen molar-refractivity contribution in [2.45, 2.75) is 39.7 Å². The first-order valence-electron chi connectivity index (χ1n) is 5.48. The van der Waals surface area contributed by atoms with Gasteiger partial charge in [-0.15, -0.1) is 0 Å². The Morgan fingerprint density at radius 2 is 2.07 bits per heavy atom. The molecule has 0 saturated heterocycles. The van der Waals surface area contributed by atoms with E-state index in [-0.39, 0.29) is 5.60 Å². The summed E-state index contributed by atoms with van der Waals surface area (Å²) in [5, 5.41) is 3.38. The first-order valence-corrected chi connectivity index (χ1v) is 5.48. The fourth-order valence-corrected chi connectivity index (χ4v) is 1.58. The van der Waals surface area contributed by atoms with E-state index in [2.05, 4.69) is 25.2 Å². The van der Waals surface area contributed by atoms with E-state index in [9.17, 15) is 0 Å². The van der Waals surface area contributed by atoms with Crippen LogP contribution < -0.4 is 5.32 Å². The molecule has 0 unspecified atom stereocenters. The van der Waals surface area contributed by atoms with E-state index in [0.29, 0.717) is 0 Å². The van der Waals surface area contributed by atoms with Crippen LogP contribution in [-0.2, 0) is 4.74 Å². The highest BCUT2D eigenvalue weighted by atomic mass is 16.5. The lowest BCUT2D eigenvalue weighted by molar-refractivity contribution is 0.0342. The predicted octanol–water partition coefficient (Wildman–Crippen LogP) is 3.14. The number of hydrogen-bond acceptors (Lipinski definition) is 2. The average molecular weight is 207 g/mol. The van der Waals surface area contributed by atoms with Gasteiger partial charge in [-0.2, -0.15) is 0 Å². The van der Waals surface area contributed by atoms with Gasteiger partial charge in [-0.1, -0.05) is 18.2 Å². The van der Waals surface area contributed by atoms with Crippen molar-refractivity contribution in [1.29, 1.82) is 0 Å². The van der Waals surface area contributed by atoms with Crippen LogP contribution in [0.2, 0.25) is 0 Å². The molecule has 0 amide bonds. The van der Waals surface area contributed by atoms with Gasteiger partial charge in [0.2, 0.25) is 0 Å². The maximum atomic E-state index is 5.88. The third-order valence-electron chi connectivity index (χ3n) is 2.42. The molecule has 1 rings (SSSR count). The van der Waals surface area contributed by atoms with Crippen molar-refractivity contribution in [1.82, 2.24) is 5.32 Å². The van der Waals surface area contributed by atoms with Crippen molar-refractivity contribution in [3.8, 4) is 0 Å². The highest BCUT2D eigenvalue weighted by molar-refractivity contribution is 5.24. The van der Waals surface area contributed by atoms with Gasteiger partial charge in [-0.3, -0.25) is 0 Å². The molecule has 1 N–H and O–H groups in total. The van der Waals surface area contributed by atoms with Gasteiger partial charge in [0.25, 0.3) is 0 Å². The zero-order valence-corrected chi connectivity index (χ0v) is 10.1. The van der Waals surface area contributed by atoms with Gasteiger partial charge in [-0.25, -0.2) is 0 Å². The van der Waals surface area contributed by atoms with Crippen LogP contribution in [0.4, 0.5) is 0 Å². The molecule has 0 aromatic carbocycles. The topological polar surface area (TPSA) is 21.3 Å². The zero-order chi connectivity index (χ0) is 11.3. The molecular formula is C13H21NO. The third kappa shape index (κ3) is 3.82. The number of nitrogens with one attached hydrogen (secondary N) is 1. The summed E-state index contributed by atoms with van der Waals surface area (Å²) in [4.78, 5) is 0. The van der Waals surface area contributed by atoms with Gasteiger partial charge in [0, 0.05) is 13.0 Å². The molecule has 1 heterocycles. The predicted molar refractivity (Wildman–Crippen MR) is 64.4 cm³/mol. The van der Waals surface area contributed by atoms with Crippen LogP contribution in [0.5, 0.6) is 0 Å². The van der Waals surface area contributed by atoms with E-state index in [4.69, 9.17) is 4.74 Å². The molecule has 0 fully saturated rings. The second kappa shape index (κ2) is 5.06. The average Bonchev–Trinajstić information content (AvgIpc) is 2.25. The lowest BCUT2D eigenvalue weighted by Gasteiger charge is -2.24. The summed E-state index contributed by atoms with van der Waals surface area (Å²) in [5.41, 5.74) is 1.02. The number of rotatable bonds is 2. The second-order valence-corrected chi connectivity index (χ2v) is 4.39. The van der Waals surface area contributed by atoms with Crippen LogP contribution in [0.15, 0.2) is 35.8 Å². The molecule has 0 saturated carbocycles. The summed E-state index contributed by atoms with van der Waals surface area (Å²) < 4.78 is 5.88. The standard InChI is InChI=1S/C13H21NO/c1-5-6-7-8-12-11(2)15-13(3,4)9-10-14-12/h5-8,14H,9-10H2,1-4H3/b6-5-,8-7-. The zero-order valence-electron chi connectivity index (χ0n) is 10.1. The third-order valence-corrected chi connectivity index (χ3v) is 2.42. The molecule has 0 spiro atoms. The van der Waals surface area contributed by atoms with Gasteiger partial charge in [0.15, 0.2) is 0 Å². The van der Waals surface area contributed by atoms with Crippen molar-refractivity contribution >= 4 is 0 Å². The van der Waals surface area contributed by atoms with Crippen molar-refractivity contribution in [3.05, 3.63) is 35.8 Å². The summed E-state index contributed by atoms with van der Waals surface area (Å²) >= 11 is 0. The minimum absolute atomic E-state index is 0.0622. The Balaban J connectivity index is 2.77. The first kappa shape index (κ1) is 11.9. The van der Waals surface area contributed by atoms with Gasteiger partial charge in [0.1, 0.15) is 11.4 Å². The summed E-state index contributed by atoms with van der Waals surface area (Å²) in [7, 11) is 0. The van der Waals surface area contributed by atoms with Crippen LogP contribution in [0.1, 0.15) is 34.1 Å². The van der Waals surface area contributed by atoms with E-state index in [1.54, 1.807) is 0 Å². The smallest absolute Gasteiger partial charge is 0.117 e. The van der Waals surface area contributed by atoms with Crippen LogP contribution in [0.25, 0.3) is 0 Å². The van der Waals surface area contributed by atoms with Gasteiger partial charge in [-0.05, 0) is 33.8 Å². The molecule has 1 aliphatic heterocycles. The Hall–Kier alpha value is -1.18. The Kier molecular flexibility index (Phi) is 4.01. The van der Waals surface area contributed by atoms with Gasteiger partial charge in [0.05, 0.1) is 5.70 Å². The van der Waals surface area contributed by atoms with Crippen LogP contribution in [0.3, 0.4) is 0 Å². The maximum absolute atomic E-state index is 5.88. The summed E-state index contributed by atoms with van der Waals surface area (Å²) in [6.07, 6.45) is 9.11. The van der Waals surface area contributed by atoms with Crippen LogP contribution in [-0.4, -0.2) is 12.1 Å². The van der Waals surface area contributed by atoms with Crippen molar-refractivity contribution < 1.29 is 4.74 Å². The minimum Gasteiger partial charge on any atom is -0.490 e. The largest absolute Gasteiger partial charge is 0.490 e. The number of ether oxygens (including phenoxy) is 1. The molecule has 2 nitrogen and oxygen atoms in total. The number of allylic oxidation sites excluding steroid dienone is 5. The highest BCUT2D eigenvalue weighted by Gasteiger charge is 2.22. The normalized spacial score (nSPS) is 21.6. The summed E-state index contributed by atoms with van der Waals surface area (Å²) in [6, 6.07) is 0. The van der Waals surface area contributed by atoms with Crippen LogP contribution in [0, 0.1) is 0 Å². The monoisotopic (exact) mass is 207 g/mol. The molecule has 2 heteroatoms. The van der Waals surface area contributed by atoms with Gasteiger partial charge >= 0.3 is 0 Å². The van der Waals surface area contributed by atoms with E-state index >= 15 is 0 Å². The van der Waals surface area contributed by atoms with Gasteiger partial charge < -0.3 is 10.1 Å². The van der Waals surface area contributed by atoms with Crippen molar-refractivity contribution in [2.75, 3.05) is 6.54 Å². The van der Waals surface area contributed by atoms with E-state index in [0.717, 1.165) is 24.4 Å². The Morgan fingerprint density at radius 1 is 1.33 bits per heavy atom. The molecule has 0 bridgehead atoms. The lowest BCUT2D eigenvalue weighted by atomic mass is 10.1. The van der Waals surface area contributed by atoms with Crippen molar-refractivity contribution in [2.24, 2.45) is 0 Å². The van der Waals surface area contributed by atoms with E-state index in [1.165, 1.54) is 0 Å². The Morgan fingerprint density at radius 3 is 2.73 bits per heavy atom. The fraction of sp³-hybridized carbons (Fsp3) is 0.538. The minimum atomic E-state index is -0.0622. The Bertz CT molecular complexity index is 298. The molecule has 84 valence electrons. The fourth-order valence-electron chi connectivity index (χ4n) is 1.58. The second-order valence-electron chi connectivity index (χ2n) is 4.39. The SMILES string of the molecule is C/C=C\C=C/C1=C(C)OC(C)(C)CCN1. The molecule has 15 heavy (non-hydrogen) atoms. The molecule has 0 radical (unpaired) electrons. The quantitative estimate of drug-likeness (QED) is 0.702. The molecule has 0 aliphatic carbocycles. The highest BCUT2D eigenvalue weighted by Crippen LogP contribution is 2.22. The first-order chi connectivity index (χ1) is 7.05. The van der Waals surface area contributed by atoms with E-state index in [1.807, 2.05) is 32.1 Å². The van der Waals surface area contributed by atoms with Crippen LogP contribution >= 0.6 is 0 Å². The van der Waals surface area contributed by atoms with Crippen molar-refractivity contribution in [3.63, 3.8) is 0 Å². The van der Waals surface area contributed by atoms with E-state index < -0.39 is 0 Å². The lowest BCUT2D eigenvalue weighted by Crippen LogP contribution is -2.24. The molecule has 1 aliphatic rings. The summed E-state index contributed by atoms with van der Waals surface area (Å²) in [6.45, 7) is 9.22. The summed E-state index contributed by atoms with van der Waals surface area (Å²) in [5.74, 6) is 0.971.